The molecule has 0 rings (SSSR count). The molecule has 0 aliphatic heterocycles. The van der Waals surface area contributed by atoms with Gasteiger partial charge >= 0.3 is 0 Å². The molecule has 0 aromatic heterocycles. The van der Waals surface area contributed by atoms with Gasteiger partial charge in [-0.15, -0.1) is 0 Å². The Morgan fingerprint density at radius 3 is 1.88 bits per heavy atom. The Morgan fingerprint density at radius 1 is 1.25 bits per heavy atom. The first-order chi connectivity index (χ1) is 3.81. The van der Waals surface area contributed by atoms with Gasteiger partial charge in [-0.3, -0.25) is 0 Å². The number of hydrogen-bond acceptors (Lipinski definition) is 2. The van der Waals surface area contributed by atoms with Crippen molar-refractivity contribution in [3.05, 3.63) is 6.66 Å². The van der Waals surface area contributed by atoms with Crippen molar-refractivity contribution < 1.29 is 9.05 Å². The summed E-state index contributed by atoms with van der Waals surface area (Å²) in [5.41, 5.74) is 0. The van der Waals surface area contributed by atoms with Gasteiger partial charge in [0, 0.05) is 6.66 Å². The van der Waals surface area contributed by atoms with Gasteiger partial charge in [0.25, 0.3) is 0 Å². The summed E-state index contributed by atoms with van der Waals surface area (Å²) in [5.74, 6) is 0. The molecule has 0 heterocycles. The molecule has 0 fully saturated rings. The fourth-order valence-electron chi connectivity index (χ4n) is 0.325. The fourth-order valence-corrected chi connectivity index (χ4v) is 0.976. The second-order valence-electron chi connectivity index (χ2n) is 1.17. The van der Waals surface area contributed by atoms with E-state index in [-0.39, 0.29) is 0 Å². The van der Waals surface area contributed by atoms with E-state index < -0.39 is 8.38 Å². The molecule has 0 bridgehead atoms. The molecule has 3 heteroatoms. The Hall–Kier alpha value is 0.350. The van der Waals surface area contributed by atoms with Gasteiger partial charge < -0.3 is 9.05 Å². The van der Waals surface area contributed by atoms with E-state index in [4.69, 9.17) is 9.05 Å². The maximum Gasteiger partial charge on any atom is 0.170 e. The Balaban J connectivity index is 2.92. The normalized spacial score (nSPS) is 10.5. The zero-order chi connectivity index (χ0) is 6.41. The molecular formula is C5H12O2P. The number of rotatable bonds is 4. The van der Waals surface area contributed by atoms with Crippen LogP contribution in [0.4, 0.5) is 0 Å². The van der Waals surface area contributed by atoms with Gasteiger partial charge in [-0.25, -0.2) is 0 Å². The minimum atomic E-state index is -0.831. The van der Waals surface area contributed by atoms with E-state index in [1.54, 1.807) is 0 Å². The Bertz CT molecular complexity index is 43.7. The van der Waals surface area contributed by atoms with E-state index in [1.165, 1.54) is 0 Å². The topological polar surface area (TPSA) is 18.5 Å². The van der Waals surface area contributed by atoms with E-state index >= 15 is 0 Å². The lowest BCUT2D eigenvalue weighted by molar-refractivity contribution is 0.276. The summed E-state index contributed by atoms with van der Waals surface area (Å²) >= 11 is 0. The highest BCUT2D eigenvalue weighted by atomic mass is 31.2. The van der Waals surface area contributed by atoms with Crippen molar-refractivity contribution in [1.29, 1.82) is 0 Å². The zero-order valence-corrected chi connectivity index (χ0v) is 6.28. The fraction of sp³-hybridized carbons (Fsp3) is 0.800. The van der Waals surface area contributed by atoms with Crippen molar-refractivity contribution in [2.75, 3.05) is 13.2 Å². The molecule has 1 radical (unpaired) electrons. The summed E-state index contributed by atoms with van der Waals surface area (Å²) in [6.07, 6.45) is 0. The van der Waals surface area contributed by atoms with Crippen LogP contribution in [0.5, 0.6) is 0 Å². The predicted molar refractivity (Wildman–Crippen MR) is 35.5 cm³/mol. The van der Waals surface area contributed by atoms with E-state index in [1.807, 2.05) is 13.8 Å². The molecule has 0 amide bonds. The highest BCUT2D eigenvalue weighted by Crippen LogP contribution is 2.34. The molecule has 0 aromatic rings. The monoisotopic (exact) mass is 135 g/mol. The van der Waals surface area contributed by atoms with Gasteiger partial charge in [-0.2, -0.15) is 0 Å². The predicted octanol–water partition coefficient (Wildman–Crippen LogP) is 2.16. The second kappa shape index (κ2) is 5.49. The molecule has 0 atom stereocenters. The third-order valence-electron chi connectivity index (χ3n) is 0.546. The first kappa shape index (κ1) is 8.35. The van der Waals surface area contributed by atoms with Crippen LogP contribution in [-0.4, -0.2) is 13.2 Å². The van der Waals surface area contributed by atoms with Gasteiger partial charge in [0.1, 0.15) is 0 Å². The second-order valence-corrected chi connectivity index (χ2v) is 2.35. The Kier molecular flexibility index (Phi) is 5.73. The van der Waals surface area contributed by atoms with Crippen molar-refractivity contribution in [2.45, 2.75) is 13.8 Å². The van der Waals surface area contributed by atoms with Crippen LogP contribution < -0.4 is 0 Å². The summed E-state index contributed by atoms with van der Waals surface area (Å²) in [6, 6.07) is 0. The van der Waals surface area contributed by atoms with Gasteiger partial charge in [0.2, 0.25) is 0 Å². The molecule has 0 unspecified atom stereocenters. The average molecular weight is 135 g/mol. The standard InChI is InChI=1S/C5H12O2P/c1-4-6-8(3)7-5-2/h3-5H2,1-2H3. The third kappa shape index (κ3) is 4.51. The van der Waals surface area contributed by atoms with Crippen molar-refractivity contribution in [1.82, 2.24) is 0 Å². The highest BCUT2D eigenvalue weighted by Gasteiger charge is 1.96. The van der Waals surface area contributed by atoms with Crippen molar-refractivity contribution in [3.8, 4) is 0 Å². The summed E-state index contributed by atoms with van der Waals surface area (Å²) < 4.78 is 10.0. The average Bonchev–Trinajstić information content (AvgIpc) is 1.68. The molecule has 0 aromatic carbocycles. The van der Waals surface area contributed by atoms with Crippen LogP contribution in [0.2, 0.25) is 0 Å². The van der Waals surface area contributed by atoms with Crippen LogP contribution in [0.25, 0.3) is 0 Å². The number of hydrogen-bond donors (Lipinski definition) is 0. The minimum Gasteiger partial charge on any atom is -0.334 e. The molecular weight excluding hydrogens is 123 g/mol. The van der Waals surface area contributed by atoms with Crippen molar-refractivity contribution in [3.63, 3.8) is 0 Å². The molecule has 0 saturated carbocycles. The van der Waals surface area contributed by atoms with Crippen LogP contribution in [0.15, 0.2) is 0 Å². The van der Waals surface area contributed by atoms with Crippen molar-refractivity contribution >= 4 is 8.38 Å². The lowest BCUT2D eigenvalue weighted by atomic mass is 10.9. The van der Waals surface area contributed by atoms with Gasteiger partial charge in [0.15, 0.2) is 8.38 Å². The molecule has 8 heavy (non-hydrogen) atoms. The lowest BCUT2D eigenvalue weighted by Crippen LogP contribution is -1.85. The SMILES string of the molecule is [CH2]P(OCC)OCC. The van der Waals surface area contributed by atoms with Crippen LogP contribution in [0.1, 0.15) is 13.8 Å². The molecule has 0 N–H and O–H groups in total. The quantitative estimate of drug-likeness (QED) is 0.550. The van der Waals surface area contributed by atoms with Crippen LogP contribution in [-0.2, 0) is 9.05 Å². The first-order valence-corrected chi connectivity index (χ1v) is 4.04. The summed E-state index contributed by atoms with van der Waals surface area (Å²) in [4.78, 5) is 0. The molecule has 0 aliphatic rings. The minimum absolute atomic E-state index is 0.690. The summed E-state index contributed by atoms with van der Waals surface area (Å²) in [6.45, 7) is 8.88. The molecule has 0 aliphatic carbocycles. The van der Waals surface area contributed by atoms with E-state index in [2.05, 4.69) is 6.66 Å². The largest absolute Gasteiger partial charge is 0.334 e. The maximum atomic E-state index is 5.01. The van der Waals surface area contributed by atoms with E-state index in [0.29, 0.717) is 13.2 Å². The van der Waals surface area contributed by atoms with Crippen LogP contribution >= 0.6 is 8.38 Å². The zero-order valence-electron chi connectivity index (χ0n) is 5.39. The van der Waals surface area contributed by atoms with Crippen LogP contribution in [0.3, 0.4) is 0 Å². The maximum absolute atomic E-state index is 5.01. The first-order valence-electron chi connectivity index (χ1n) is 2.67. The highest BCUT2D eigenvalue weighted by molar-refractivity contribution is 7.48. The smallest absolute Gasteiger partial charge is 0.170 e. The van der Waals surface area contributed by atoms with Crippen LogP contribution in [0, 0.1) is 6.66 Å². The lowest BCUT2D eigenvalue weighted by Gasteiger charge is -2.07. The van der Waals surface area contributed by atoms with Gasteiger partial charge in [0.05, 0.1) is 13.2 Å². The molecule has 49 valence electrons. The summed E-state index contributed by atoms with van der Waals surface area (Å²) in [5, 5.41) is 0. The molecule has 2 nitrogen and oxygen atoms in total. The third-order valence-corrected chi connectivity index (χ3v) is 1.64. The van der Waals surface area contributed by atoms with Gasteiger partial charge in [-0.1, -0.05) is 0 Å². The summed E-state index contributed by atoms with van der Waals surface area (Å²) in [7, 11) is -0.831. The van der Waals surface area contributed by atoms with Crippen molar-refractivity contribution in [2.24, 2.45) is 0 Å². The van der Waals surface area contributed by atoms with E-state index in [9.17, 15) is 0 Å². The van der Waals surface area contributed by atoms with Gasteiger partial charge in [-0.05, 0) is 13.8 Å². The Labute approximate surface area is 52.1 Å². The van der Waals surface area contributed by atoms with E-state index in [0.717, 1.165) is 0 Å². The molecule has 0 saturated heterocycles. The molecule has 0 spiro atoms. The Morgan fingerprint density at radius 2 is 1.62 bits per heavy atom.